The number of rotatable bonds is 0. The van der Waals surface area contributed by atoms with Gasteiger partial charge >= 0.3 is 4.70 Å². The first-order valence-electron chi connectivity index (χ1n) is 2.35. The predicted octanol–water partition coefficient (Wildman–Crippen LogP) is 2.50. The molecule has 0 aromatic heterocycles. The van der Waals surface area contributed by atoms with Crippen LogP contribution in [0.25, 0.3) is 0 Å². The number of carbonyl (C=O) groups excluding carboxylic acids is 1. The van der Waals surface area contributed by atoms with Crippen molar-refractivity contribution in [1.82, 2.24) is 0 Å². The molecule has 1 rings (SSSR count). The summed E-state index contributed by atoms with van der Waals surface area (Å²) in [5.74, 6) is 0. The third kappa shape index (κ3) is 11.4. The fraction of sp³-hybridized carbons (Fsp3) is 0.400. The zero-order valence-electron chi connectivity index (χ0n) is 4.64. The standard InChI is InChI=1S/C4H6O.CCl2O/c1-2-4-5-3-1;2-1(3)4/h1,3H,2,4H2;. The van der Waals surface area contributed by atoms with Crippen molar-refractivity contribution in [2.24, 2.45) is 0 Å². The van der Waals surface area contributed by atoms with E-state index in [0.717, 1.165) is 13.0 Å². The van der Waals surface area contributed by atoms with Gasteiger partial charge in [-0.25, -0.2) is 0 Å². The fourth-order valence-electron chi connectivity index (χ4n) is 0.340. The van der Waals surface area contributed by atoms with Gasteiger partial charge in [0.25, 0.3) is 0 Å². The number of carbonyl (C=O) groups is 1. The molecule has 0 fully saturated rings. The molecule has 0 aromatic rings. The molecule has 1 aliphatic heterocycles. The zero-order valence-corrected chi connectivity index (χ0v) is 6.15. The van der Waals surface area contributed by atoms with Crippen molar-refractivity contribution >= 4 is 27.9 Å². The van der Waals surface area contributed by atoms with Crippen LogP contribution in [0.1, 0.15) is 6.42 Å². The van der Waals surface area contributed by atoms with E-state index in [9.17, 15) is 0 Å². The van der Waals surface area contributed by atoms with Gasteiger partial charge in [-0.1, -0.05) is 0 Å². The third-order valence-corrected chi connectivity index (χ3v) is 0.595. The number of hydrogen-bond donors (Lipinski definition) is 0. The smallest absolute Gasteiger partial charge is 0.313 e. The van der Waals surface area contributed by atoms with Crippen molar-refractivity contribution in [1.29, 1.82) is 0 Å². The van der Waals surface area contributed by atoms with Crippen molar-refractivity contribution in [2.45, 2.75) is 6.42 Å². The molecule has 9 heavy (non-hydrogen) atoms. The molecule has 0 amide bonds. The first kappa shape index (κ1) is 8.79. The minimum Gasteiger partial charge on any atom is -0.501 e. The highest BCUT2D eigenvalue weighted by Gasteiger charge is 1.83. The Balaban J connectivity index is 0.000000148. The number of ether oxygens (including phenoxy) is 1. The van der Waals surface area contributed by atoms with Crippen LogP contribution in [0.15, 0.2) is 12.3 Å². The molecule has 0 aromatic carbocycles. The zero-order chi connectivity index (χ0) is 7.11. The van der Waals surface area contributed by atoms with E-state index in [2.05, 4.69) is 23.2 Å². The first-order valence-corrected chi connectivity index (χ1v) is 3.10. The maximum atomic E-state index is 8.98. The van der Waals surface area contributed by atoms with E-state index in [1.54, 1.807) is 6.26 Å². The Morgan fingerprint density at radius 3 is 2.22 bits per heavy atom. The second-order valence-electron chi connectivity index (χ2n) is 1.26. The van der Waals surface area contributed by atoms with Crippen LogP contribution < -0.4 is 0 Å². The van der Waals surface area contributed by atoms with E-state index >= 15 is 0 Å². The van der Waals surface area contributed by atoms with Crippen LogP contribution in [0.5, 0.6) is 0 Å². The van der Waals surface area contributed by atoms with Crippen LogP contribution in [0.4, 0.5) is 4.79 Å². The summed E-state index contributed by atoms with van der Waals surface area (Å²) in [6.07, 6.45) is 4.85. The van der Waals surface area contributed by atoms with Crippen LogP contribution in [0, 0.1) is 0 Å². The van der Waals surface area contributed by atoms with Gasteiger partial charge < -0.3 is 4.74 Å². The molecule has 0 spiro atoms. The van der Waals surface area contributed by atoms with Gasteiger partial charge in [0.2, 0.25) is 0 Å². The van der Waals surface area contributed by atoms with Gasteiger partial charge in [0.1, 0.15) is 0 Å². The largest absolute Gasteiger partial charge is 0.501 e. The number of halogens is 2. The molecule has 1 heterocycles. The van der Waals surface area contributed by atoms with Crippen LogP contribution in [-0.2, 0) is 4.74 Å². The van der Waals surface area contributed by atoms with Gasteiger partial charge in [-0.15, -0.1) is 0 Å². The van der Waals surface area contributed by atoms with E-state index in [1.807, 2.05) is 6.08 Å². The quantitative estimate of drug-likeness (QED) is 0.520. The normalized spacial score (nSPS) is 13.6. The minimum atomic E-state index is -0.889. The highest BCUT2D eigenvalue weighted by Crippen LogP contribution is 1.93. The molecule has 0 unspecified atom stereocenters. The average molecular weight is 169 g/mol. The summed E-state index contributed by atoms with van der Waals surface area (Å²) in [4.78, 5) is 8.98. The second kappa shape index (κ2) is 5.92. The van der Waals surface area contributed by atoms with Crippen molar-refractivity contribution < 1.29 is 9.53 Å². The summed E-state index contributed by atoms with van der Waals surface area (Å²) < 4.78 is 3.88. The molecule has 52 valence electrons. The van der Waals surface area contributed by atoms with Gasteiger partial charge in [-0.2, -0.15) is 0 Å². The molecule has 0 saturated carbocycles. The average Bonchev–Trinajstić information content (AvgIpc) is 2.11. The molecule has 0 bridgehead atoms. The minimum absolute atomic E-state index is 0.889. The maximum absolute atomic E-state index is 8.98. The van der Waals surface area contributed by atoms with E-state index in [-0.39, 0.29) is 0 Å². The molecule has 0 N–H and O–H groups in total. The van der Waals surface area contributed by atoms with E-state index < -0.39 is 4.70 Å². The summed E-state index contributed by atoms with van der Waals surface area (Å²) in [5.41, 5.74) is 0. The van der Waals surface area contributed by atoms with Crippen molar-refractivity contribution in [3.05, 3.63) is 12.3 Å². The molecule has 0 saturated heterocycles. The Morgan fingerprint density at radius 1 is 1.56 bits per heavy atom. The number of hydrogen-bond acceptors (Lipinski definition) is 2. The van der Waals surface area contributed by atoms with Gasteiger partial charge in [-0.05, 0) is 29.3 Å². The summed E-state index contributed by atoms with van der Waals surface area (Å²) >= 11 is 8.80. The van der Waals surface area contributed by atoms with Crippen molar-refractivity contribution in [2.75, 3.05) is 6.61 Å². The van der Waals surface area contributed by atoms with Crippen LogP contribution in [0.2, 0.25) is 0 Å². The van der Waals surface area contributed by atoms with Gasteiger partial charge in [-0.3, -0.25) is 4.79 Å². The summed E-state index contributed by atoms with van der Waals surface area (Å²) in [5, 5.41) is 0. The summed E-state index contributed by atoms with van der Waals surface area (Å²) in [6.45, 7) is 0.889. The Labute approximate surface area is 63.4 Å². The molecule has 2 nitrogen and oxygen atoms in total. The Hall–Kier alpha value is -0.210. The summed E-state index contributed by atoms with van der Waals surface area (Å²) in [6, 6.07) is 0. The lowest BCUT2D eigenvalue weighted by atomic mass is 10.5. The Morgan fingerprint density at radius 2 is 2.11 bits per heavy atom. The molecule has 1 aliphatic rings. The van der Waals surface area contributed by atoms with Crippen molar-refractivity contribution in [3.8, 4) is 0 Å². The lowest BCUT2D eigenvalue weighted by Gasteiger charge is -1.79. The monoisotopic (exact) mass is 168 g/mol. The van der Waals surface area contributed by atoms with Gasteiger partial charge in [0, 0.05) is 6.42 Å². The fourth-order valence-corrected chi connectivity index (χ4v) is 0.340. The molecule has 0 radical (unpaired) electrons. The van der Waals surface area contributed by atoms with E-state index in [1.165, 1.54) is 0 Å². The topological polar surface area (TPSA) is 26.3 Å². The van der Waals surface area contributed by atoms with E-state index in [0.29, 0.717) is 0 Å². The second-order valence-corrected chi connectivity index (χ2v) is 2.14. The molecular formula is C5H6Cl2O2. The highest BCUT2D eigenvalue weighted by atomic mass is 35.5. The Bertz CT molecular complexity index is 102. The van der Waals surface area contributed by atoms with Crippen molar-refractivity contribution in [3.63, 3.8) is 0 Å². The predicted molar refractivity (Wildman–Crippen MR) is 36.8 cm³/mol. The first-order chi connectivity index (χ1) is 4.23. The molecule has 0 atom stereocenters. The van der Waals surface area contributed by atoms with E-state index in [4.69, 9.17) is 9.53 Å². The Kier molecular flexibility index (Phi) is 5.78. The lowest BCUT2D eigenvalue weighted by molar-refractivity contribution is 0.275. The molecular weight excluding hydrogens is 163 g/mol. The highest BCUT2D eigenvalue weighted by molar-refractivity contribution is 6.93. The van der Waals surface area contributed by atoms with Crippen LogP contribution in [-0.4, -0.2) is 11.3 Å². The molecule has 4 heteroatoms. The SMILES string of the molecule is C1=COCC1.O=C(Cl)Cl. The van der Waals surface area contributed by atoms with Gasteiger partial charge in [0.05, 0.1) is 12.9 Å². The lowest BCUT2D eigenvalue weighted by Crippen LogP contribution is -1.70. The maximum Gasteiger partial charge on any atom is 0.313 e. The van der Waals surface area contributed by atoms with Crippen LogP contribution in [0.3, 0.4) is 0 Å². The summed E-state index contributed by atoms with van der Waals surface area (Å²) in [7, 11) is 0. The van der Waals surface area contributed by atoms with Gasteiger partial charge in [0.15, 0.2) is 0 Å². The third-order valence-electron chi connectivity index (χ3n) is 0.595. The molecule has 0 aliphatic carbocycles. The van der Waals surface area contributed by atoms with Crippen LogP contribution >= 0.6 is 23.2 Å².